The van der Waals surface area contributed by atoms with Gasteiger partial charge in [0.25, 0.3) is 0 Å². The van der Waals surface area contributed by atoms with Gasteiger partial charge >= 0.3 is 6.09 Å². The van der Waals surface area contributed by atoms with Crippen LogP contribution in [0, 0.1) is 39.4 Å². The monoisotopic (exact) mass is 424 g/mol. The Morgan fingerprint density at radius 2 is 1.97 bits per heavy atom. The molecule has 0 aromatic carbocycles. The largest absolute Gasteiger partial charge is 0.445 e. The van der Waals surface area contributed by atoms with Gasteiger partial charge in [-0.3, -0.25) is 4.79 Å². The molecule has 0 radical (unpaired) electrons. The van der Waals surface area contributed by atoms with Crippen molar-refractivity contribution in [2.45, 2.75) is 77.7 Å². The van der Waals surface area contributed by atoms with Gasteiger partial charge in [-0.2, -0.15) is 5.01 Å². The Hall–Kier alpha value is -1.17. The number of carbonyl (C=O) groups excluding carboxylic acids is 2. The Kier molecular flexibility index (Phi) is 5.69. The summed E-state index contributed by atoms with van der Waals surface area (Å²) in [7, 11) is 0. The molecule has 4 aliphatic rings. The number of hydrogen-bond donors (Lipinski definition) is 0. The topological polar surface area (TPSA) is 76.0 Å². The van der Waals surface area contributed by atoms with Crippen molar-refractivity contribution >= 4 is 23.5 Å². The van der Waals surface area contributed by atoms with Crippen LogP contribution in [0.25, 0.3) is 0 Å². The molecule has 6 nitrogen and oxygen atoms in total. The molecule has 4 rings (SSSR count). The first-order valence-corrected chi connectivity index (χ1v) is 11.8. The van der Waals surface area contributed by atoms with Crippen LogP contribution in [-0.4, -0.2) is 35.4 Å². The molecule has 0 aromatic heterocycles. The summed E-state index contributed by atoms with van der Waals surface area (Å²) in [5.74, 6) is 3.07. The van der Waals surface area contributed by atoms with E-state index in [1.54, 1.807) is 0 Å². The first-order valence-electron chi connectivity index (χ1n) is 11.2. The van der Waals surface area contributed by atoms with Gasteiger partial charge in [-0.05, 0) is 80.5 Å². The number of nitroso groups, excluding NO2 is 1. The van der Waals surface area contributed by atoms with E-state index in [0.717, 1.165) is 56.4 Å². The molecule has 0 saturated heterocycles. The van der Waals surface area contributed by atoms with Crippen LogP contribution in [-0.2, 0) is 9.53 Å². The first-order chi connectivity index (χ1) is 13.8. The summed E-state index contributed by atoms with van der Waals surface area (Å²) < 4.78 is 5.62. The smallest absolute Gasteiger partial charge is 0.433 e. The Bertz CT molecular complexity index is 688. The number of rotatable bonds is 4. The molecule has 0 heterocycles. The minimum atomic E-state index is -0.680. The van der Waals surface area contributed by atoms with E-state index in [9.17, 15) is 14.5 Å². The van der Waals surface area contributed by atoms with Crippen molar-refractivity contribution in [2.75, 3.05) is 12.4 Å². The van der Waals surface area contributed by atoms with Crippen molar-refractivity contribution in [1.82, 2.24) is 5.01 Å². The average molecular weight is 425 g/mol. The third-order valence-corrected chi connectivity index (χ3v) is 9.37. The second-order valence-electron chi connectivity index (χ2n) is 10.2. The summed E-state index contributed by atoms with van der Waals surface area (Å²) >= 11 is 5.62. The zero-order chi connectivity index (χ0) is 20.8. The van der Waals surface area contributed by atoms with Crippen LogP contribution in [0.4, 0.5) is 4.79 Å². The number of carbonyl (C=O) groups is 2. The number of ketones is 1. The van der Waals surface area contributed by atoms with Crippen LogP contribution >= 0.6 is 11.6 Å². The number of alkyl halides is 1. The zero-order valence-electron chi connectivity index (χ0n) is 17.6. The zero-order valence-corrected chi connectivity index (χ0v) is 18.3. The maximum atomic E-state index is 12.5. The molecular formula is C22H33ClN2O4. The van der Waals surface area contributed by atoms with E-state index in [0.29, 0.717) is 29.5 Å². The number of fused-ring (bicyclic) bond motifs is 5. The minimum absolute atomic E-state index is 0.0698. The summed E-state index contributed by atoms with van der Waals surface area (Å²) in [6.07, 6.45) is 8.26. The van der Waals surface area contributed by atoms with E-state index < -0.39 is 6.09 Å². The predicted molar refractivity (Wildman–Crippen MR) is 110 cm³/mol. The lowest BCUT2D eigenvalue weighted by Crippen LogP contribution is -2.54. The summed E-state index contributed by atoms with van der Waals surface area (Å²) in [6, 6.07) is 0. The molecule has 0 unspecified atom stereocenters. The van der Waals surface area contributed by atoms with Crippen molar-refractivity contribution < 1.29 is 14.3 Å². The minimum Gasteiger partial charge on any atom is -0.445 e. The summed E-state index contributed by atoms with van der Waals surface area (Å²) in [5, 5.41) is 3.51. The van der Waals surface area contributed by atoms with Gasteiger partial charge in [-0.1, -0.05) is 13.8 Å². The maximum Gasteiger partial charge on any atom is 0.433 e. The molecule has 0 N–H and O–H groups in total. The molecule has 0 bridgehead atoms. The Labute approximate surface area is 178 Å². The van der Waals surface area contributed by atoms with Crippen LogP contribution in [0.2, 0.25) is 0 Å². The molecular weight excluding hydrogens is 392 g/mol. The molecule has 7 atom stereocenters. The Morgan fingerprint density at radius 3 is 2.69 bits per heavy atom. The third kappa shape index (κ3) is 3.39. The normalized spacial score (nSPS) is 43.7. The first kappa shape index (κ1) is 21.1. The highest BCUT2D eigenvalue weighted by atomic mass is 35.5. The lowest BCUT2D eigenvalue weighted by atomic mass is 9.45. The number of ether oxygens (including phenoxy) is 1. The number of nitrogens with zero attached hydrogens (tertiary/aromatic N) is 2. The van der Waals surface area contributed by atoms with Crippen LogP contribution in [0.15, 0.2) is 5.29 Å². The quantitative estimate of drug-likeness (QED) is 0.347. The predicted octanol–water partition coefficient (Wildman–Crippen LogP) is 5.33. The average Bonchev–Trinajstić information content (AvgIpc) is 3.01. The third-order valence-electron chi connectivity index (χ3n) is 9.20. The van der Waals surface area contributed by atoms with Crippen molar-refractivity contribution in [3.05, 3.63) is 4.91 Å². The van der Waals surface area contributed by atoms with Gasteiger partial charge in [0.05, 0.1) is 11.8 Å². The van der Waals surface area contributed by atoms with E-state index in [4.69, 9.17) is 16.3 Å². The molecule has 4 saturated carbocycles. The summed E-state index contributed by atoms with van der Waals surface area (Å²) in [4.78, 5) is 35.6. The van der Waals surface area contributed by atoms with Gasteiger partial charge in [0.2, 0.25) is 0 Å². The van der Waals surface area contributed by atoms with E-state index in [2.05, 4.69) is 19.1 Å². The Balaban J connectivity index is 1.43. The number of halogens is 1. The van der Waals surface area contributed by atoms with Crippen LogP contribution in [0.1, 0.15) is 71.6 Å². The van der Waals surface area contributed by atoms with Crippen molar-refractivity contribution in [3.8, 4) is 0 Å². The number of amides is 1. The fraction of sp³-hybridized carbons (Fsp3) is 0.909. The number of hydrogen-bond acceptors (Lipinski definition) is 5. The van der Waals surface area contributed by atoms with E-state index in [1.165, 1.54) is 6.42 Å². The van der Waals surface area contributed by atoms with E-state index in [1.807, 2.05) is 0 Å². The van der Waals surface area contributed by atoms with Gasteiger partial charge in [0.1, 0.15) is 11.9 Å². The lowest BCUT2D eigenvalue weighted by molar-refractivity contribution is -0.142. The molecule has 4 fully saturated rings. The molecule has 0 aliphatic heterocycles. The molecule has 0 spiro atoms. The molecule has 7 heteroatoms. The molecule has 162 valence electrons. The van der Waals surface area contributed by atoms with Gasteiger partial charge < -0.3 is 4.74 Å². The highest BCUT2D eigenvalue weighted by Gasteiger charge is 2.60. The van der Waals surface area contributed by atoms with E-state index in [-0.39, 0.29) is 29.4 Å². The number of Topliss-reactive ketones (excluding diaryl/α,β-unsaturated/α-hetero) is 1. The molecule has 4 aliphatic carbocycles. The SMILES string of the molecule is C[C@]12CC[C@H](OC(=O)N(CCCl)N=O)C[C@@H]1CC[C@@H]1[C@@H]2CC[C@]2(C)C(=O)CC[C@@H]12. The summed E-state index contributed by atoms with van der Waals surface area (Å²) in [6.45, 7) is 4.74. The standard InChI is InChI=1S/C22H33ClN2O4/c1-21-9-7-15(29-20(27)25(24-28)12-11-23)13-14(21)3-4-16-17-5-6-19(26)22(17,2)10-8-18(16)21/h14-18H,3-13H2,1-2H3/t14-,15-,16-,17-,18-,21-,22-/m0/s1. The highest BCUT2D eigenvalue weighted by molar-refractivity contribution is 6.18. The fourth-order valence-electron chi connectivity index (χ4n) is 7.55. The van der Waals surface area contributed by atoms with Crippen molar-refractivity contribution in [1.29, 1.82) is 0 Å². The molecule has 29 heavy (non-hydrogen) atoms. The van der Waals surface area contributed by atoms with Crippen LogP contribution in [0.3, 0.4) is 0 Å². The fourth-order valence-corrected chi connectivity index (χ4v) is 7.71. The maximum absolute atomic E-state index is 12.5. The lowest BCUT2D eigenvalue weighted by Gasteiger charge is -2.60. The van der Waals surface area contributed by atoms with Gasteiger partial charge in [0.15, 0.2) is 0 Å². The van der Waals surface area contributed by atoms with E-state index >= 15 is 0 Å². The molecule has 1 amide bonds. The second-order valence-corrected chi connectivity index (χ2v) is 10.6. The highest BCUT2D eigenvalue weighted by Crippen LogP contribution is 2.65. The van der Waals surface area contributed by atoms with Gasteiger partial charge in [-0.15, -0.1) is 16.5 Å². The molecule has 0 aromatic rings. The van der Waals surface area contributed by atoms with Crippen LogP contribution < -0.4 is 0 Å². The summed E-state index contributed by atoms with van der Waals surface area (Å²) in [5.41, 5.74) is 0.183. The Morgan fingerprint density at radius 1 is 1.17 bits per heavy atom. The second kappa shape index (κ2) is 7.82. The van der Waals surface area contributed by atoms with Gasteiger partial charge in [0, 0.05) is 17.7 Å². The van der Waals surface area contributed by atoms with Crippen molar-refractivity contribution in [2.24, 2.45) is 39.8 Å². The van der Waals surface area contributed by atoms with Crippen LogP contribution in [0.5, 0.6) is 0 Å². The van der Waals surface area contributed by atoms with Crippen molar-refractivity contribution in [3.63, 3.8) is 0 Å². The van der Waals surface area contributed by atoms with Gasteiger partial charge in [-0.25, -0.2) is 4.79 Å².